The molecule has 0 aromatic carbocycles. The first kappa shape index (κ1) is 40.6. The Morgan fingerprint density at radius 1 is 0.500 bits per heavy atom. The van der Waals surface area contributed by atoms with Gasteiger partial charge in [-0.2, -0.15) is 0 Å². The van der Waals surface area contributed by atoms with E-state index in [1.54, 1.807) is 0 Å². The Balaban J connectivity index is 1.52. The molecule has 3 saturated heterocycles. The molecule has 46 heavy (non-hydrogen) atoms. The van der Waals surface area contributed by atoms with Gasteiger partial charge in [-0.05, 0) is 141 Å². The summed E-state index contributed by atoms with van der Waals surface area (Å²) in [6, 6.07) is 4.15. The van der Waals surface area contributed by atoms with Crippen LogP contribution in [0.4, 0.5) is 0 Å². The zero-order valence-corrected chi connectivity index (χ0v) is 35.1. The van der Waals surface area contributed by atoms with Crippen molar-refractivity contribution in [3.63, 3.8) is 0 Å². The standard InChI is InChI=1S/C38H78N3O3Si2/c1-33(2)24-30(25-34(3,4)39-33)42-18-15-21-45(13)46(14,22-16-19-43-31-26-35(5,6)40-36(7,8)27-31)23-17-20-44-32-28-37(9,10)41-38(11,12)29-32/h30-32,39-41H,15-29H2,1-14H3. The predicted octanol–water partition coefficient (Wildman–Crippen LogP) is 8.42. The van der Waals surface area contributed by atoms with Gasteiger partial charge in [0.2, 0.25) is 0 Å². The van der Waals surface area contributed by atoms with Crippen LogP contribution in [0.2, 0.25) is 31.2 Å². The molecule has 8 heteroatoms. The Kier molecular flexibility index (Phi) is 13.8. The smallest absolute Gasteiger partial charge is 0.0609 e. The summed E-state index contributed by atoms with van der Waals surface area (Å²) >= 11 is 0. The molecule has 3 heterocycles. The van der Waals surface area contributed by atoms with Gasteiger partial charge >= 0.3 is 0 Å². The Morgan fingerprint density at radius 2 is 0.761 bits per heavy atom. The average molecular weight is 681 g/mol. The minimum Gasteiger partial charge on any atom is -0.378 e. The molecule has 0 aromatic rings. The van der Waals surface area contributed by atoms with Gasteiger partial charge in [-0.15, -0.1) is 0 Å². The Morgan fingerprint density at radius 3 is 1.04 bits per heavy atom. The minimum atomic E-state index is -1.42. The molecule has 6 nitrogen and oxygen atoms in total. The van der Waals surface area contributed by atoms with Crippen molar-refractivity contribution in [3.8, 4) is 0 Å². The van der Waals surface area contributed by atoms with E-state index in [1.165, 1.54) is 37.4 Å². The Labute approximate surface area is 288 Å². The van der Waals surface area contributed by atoms with E-state index in [-0.39, 0.29) is 33.2 Å². The summed E-state index contributed by atoms with van der Waals surface area (Å²) < 4.78 is 19.8. The molecule has 3 fully saturated rings. The second kappa shape index (κ2) is 15.6. The van der Waals surface area contributed by atoms with E-state index in [1.807, 2.05) is 0 Å². The molecule has 0 aliphatic carbocycles. The summed E-state index contributed by atoms with van der Waals surface area (Å²) in [7, 11) is -1.87. The van der Waals surface area contributed by atoms with Gasteiger partial charge in [-0.1, -0.05) is 31.2 Å². The minimum absolute atomic E-state index is 0.135. The summed E-state index contributed by atoms with van der Waals surface area (Å²) in [6.45, 7) is 36.0. The summed E-state index contributed by atoms with van der Waals surface area (Å²) in [5.41, 5.74) is 0.819. The maximum atomic E-state index is 6.61. The van der Waals surface area contributed by atoms with Gasteiger partial charge in [-0.25, -0.2) is 0 Å². The van der Waals surface area contributed by atoms with Crippen molar-refractivity contribution in [1.29, 1.82) is 0 Å². The van der Waals surface area contributed by atoms with Crippen LogP contribution in [-0.4, -0.2) is 87.3 Å². The lowest BCUT2D eigenvalue weighted by molar-refractivity contribution is -0.0221. The van der Waals surface area contributed by atoms with Crippen molar-refractivity contribution >= 4 is 15.9 Å². The first-order valence-electron chi connectivity index (χ1n) is 19.0. The van der Waals surface area contributed by atoms with Crippen LogP contribution in [-0.2, 0) is 14.2 Å². The van der Waals surface area contributed by atoms with Gasteiger partial charge in [0, 0.05) is 69.0 Å². The lowest BCUT2D eigenvalue weighted by Gasteiger charge is -2.46. The second-order valence-electron chi connectivity index (χ2n) is 20.0. The van der Waals surface area contributed by atoms with Crippen molar-refractivity contribution in [2.45, 2.75) is 224 Å². The fraction of sp³-hybridized carbons (Fsp3) is 1.00. The normalized spacial score (nSPS) is 26.4. The predicted molar refractivity (Wildman–Crippen MR) is 202 cm³/mol. The molecule has 0 aromatic heterocycles. The Bertz CT molecular complexity index is 857. The SMILES string of the molecule is C[Si](CCCOC1CC(C)(C)NC(C)(C)C1)[Si](C)(CCCOC1CC(C)(C)NC(C)(C)C1)CCCOC1CC(C)(C)NC(C)(C)C1. The number of piperidine rings is 3. The van der Waals surface area contributed by atoms with Crippen LogP contribution in [0.15, 0.2) is 0 Å². The first-order valence-corrected chi connectivity index (χ1v) is 25.1. The molecule has 0 saturated carbocycles. The van der Waals surface area contributed by atoms with Crippen LogP contribution < -0.4 is 16.0 Å². The number of hydrogen-bond acceptors (Lipinski definition) is 6. The monoisotopic (exact) mass is 681 g/mol. The van der Waals surface area contributed by atoms with Gasteiger partial charge in [0.25, 0.3) is 0 Å². The quantitative estimate of drug-likeness (QED) is 0.112. The third kappa shape index (κ3) is 13.8. The van der Waals surface area contributed by atoms with Crippen LogP contribution in [0, 0.1) is 0 Å². The van der Waals surface area contributed by atoms with Crippen molar-refractivity contribution in [2.24, 2.45) is 0 Å². The molecule has 0 spiro atoms. The second-order valence-corrected chi connectivity index (χ2v) is 32.4. The van der Waals surface area contributed by atoms with Gasteiger partial charge in [-0.3, -0.25) is 0 Å². The highest BCUT2D eigenvalue weighted by molar-refractivity contribution is 7.32. The van der Waals surface area contributed by atoms with E-state index in [0.29, 0.717) is 18.3 Å². The lowest BCUT2D eigenvalue weighted by atomic mass is 9.81. The molecule has 0 atom stereocenters. The van der Waals surface area contributed by atoms with E-state index in [4.69, 9.17) is 14.2 Å². The summed E-state index contributed by atoms with van der Waals surface area (Å²) in [5, 5.41) is 11.4. The zero-order chi connectivity index (χ0) is 34.7. The van der Waals surface area contributed by atoms with Crippen LogP contribution in [0.5, 0.6) is 0 Å². The molecular formula is C38H78N3O3Si2. The van der Waals surface area contributed by atoms with Gasteiger partial charge in [0.1, 0.15) is 0 Å². The topological polar surface area (TPSA) is 63.8 Å². The van der Waals surface area contributed by atoms with E-state index >= 15 is 0 Å². The number of ether oxygens (including phenoxy) is 3. The van der Waals surface area contributed by atoms with E-state index in [0.717, 1.165) is 58.3 Å². The van der Waals surface area contributed by atoms with Crippen molar-refractivity contribution in [2.75, 3.05) is 19.8 Å². The molecule has 3 aliphatic heterocycles. The van der Waals surface area contributed by atoms with Crippen molar-refractivity contribution < 1.29 is 14.2 Å². The van der Waals surface area contributed by atoms with E-state index in [2.05, 4.69) is 112 Å². The first-order chi connectivity index (χ1) is 20.9. The van der Waals surface area contributed by atoms with Gasteiger partial charge < -0.3 is 30.2 Å². The van der Waals surface area contributed by atoms with Gasteiger partial charge in [0.05, 0.1) is 18.3 Å². The molecule has 0 unspecified atom stereocenters. The van der Waals surface area contributed by atoms with Gasteiger partial charge in [0.15, 0.2) is 0 Å². The third-order valence-corrected chi connectivity index (χ3v) is 25.5. The average Bonchev–Trinajstić information content (AvgIpc) is 2.81. The largest absolute Gasteiger partial charge is 0.378 e. The Hall–Kier alpha value is 0.194. The van der Waals surface area contributed by atoms with Crippen LogP contribution >= 0.6 is 0 Å². The zero-order valence-electron chi connectivity index (χ0n) is 33.1. The fourth-order valence-corrected chi connectivity index (χ4v) is 20.1. The van der Waals surface area contributed by atoms with Crippen LogP contribution in [0.3, 0.4) is 0 Å². The fourth-order valence-electron chi connectivity index (χ4n) is 9.91. The molecule has 1 radical (unpaired) electrons. The lowest BCUT2D eigenvalue weighted by Crippen LogP contribution is -2.59. The summed E-state index contributed by atoms with van der Waals surface area (Å²) in [5.74, 6) is 0. The van der Waals surface area contributed by atoms with Crippen LogP contribution in [0.25, 0.3) is 0 Å². The number of rotatable bonds is 16. The third-order valence-electron chi connectivity index (χ3n) is 11.0. The summed E-state index contributed by atoms with van der Waals surface area (Å²) in [6.07, 6.45) is 11.3. The molecule has 3 N–H and O–H groups in total. The number of hydrogen-bond donors (Lipinski definition) is 3. The summed E-state index contributed by atoms with van der Waals surface area (Å²) in [4.78, 5) is 0. The molecular weight excluding hydrogens is 603 g/mol. The van der Waals surface area contributed by atoms with Crippen molar-refractivity contribution in [1.82, 2.24) is 16.0 Å². The van der Waals surface area contributed by atoms with Crippen molar-refractivity contribution in [3.05, 3.63) is 0 Å². The molecule has 3 aliphatic rings. The van der Waals surface area contributed by atoms with E-state index < -0.39 is 15.9 Å². The van der Waals surface area contributed by atoms with E-state index in [9.17, 15) is 0 Å². The molecule has 3 rings (SSSR count). The highest BCUT2D eigenvalue weighted by atomic mass is 29.2. The molecule has 0 bridgehead atoms. The maximum absolute atomic E-state index is 6.61. The molecule has 271 valence electrons. The highest BCUT2D eigenvalue weighted by Gasteiger charge is 2.41. The molecule has 0 amide bonds. The maximum Gasteiger partial charge on any atom is 0.0609 e. The van der Waals surface area contributed by atoms with Crippen LogP contribution in [0.1, 0.15) is 141 Å². The number of nitrogens with one attached hydrogen (secondary N) is 3. The highest BCUT2D eigenvalue weighted by Crippen LogP contribution is 2.34.